The first-order valence-electron chi connectivity index (χ1n) is 3.91. The van der Waals surface area contributed by atoms with Crippen molar-refractivity contribution in [3.05, 3.63) is 0 Å². The predicted molar refractivity (Wildman–Crippen MR) is 43.2 cm³/mol. The highest BCUT2D eigenvalue weighted by Crippen LogP contribution is 2.08. The molecule has 0 aromatic heterocycles. The van der Waals surface area contributed by atoms with Crippen molar-refractivity contribution in [2.75, 3.05) is 20.2 Å². The van der Waals surface area contributed by atoms with E-state index in [1.807, 2.05) is 13.8 Å². The zero-order valence-electron chi connectivity index (χ0n) is 7.75. The van der Waals surface area contributed by atoms with Crippen LogP contribution in [-0.2, 0) is 4.74 Å². The maximum absolute atomic E-state index is 9.43. The summed E-state index contributed by atoms with van der Waals surface area (Å²) in [5.41, 5.74) is 1.24. The van der Waals surface area contributed by atoms with Crippen molar-refractivity contribution in [2.24, 2.45) is 0 Å². The molecule has 72 valence electrons. The number of aliphatic hydroxyl groups is 1. The molecule has 1 saturated heterocycles. The number of nitrogens with zero attached hydrogens (tertiary/aromatic N) is 1. The second-order valence-electron chi connectivity index (χ2n) is 3.19. The van der Waals surface area contributed by atoms with Gasteiger partial charge in [0.15, 0.2) is 13.1 Å². The van der Waals surface area contributed by atoms with Crippen LogP contribution in [0.15, 0.2) is 0 Å². The monoisotopic (exact) mass is 193 g/mol. The van der Waals surface area contributed by atoms with Crippen LogP contribution >= 0.6 is 0 Å². The fraction of sp³-hybridized carbons (Fsp3) is 0.875. The third-order valence-corrected chi connectivity index (χ3v) is 2.17. The van der Waals surface area contributed by atoms with E-state index in [9.17, 15) is 5.11 Å². The fourth-order valence-corrected chi connectivity index (χ4v) is 1.35. The van der Waals surface area contributed by atoms with Crippen molar-refractivity contribution in [1.29, 1.82) is 0 Å². The SMILES string of the molecule is CO[C@@H]1C[N+](=C(C)C)C[C@H]1O.[Cl-]. The molecule has 0 aromatic carbocycles. The average molecular weight is 194 g/mol. The molecule has 0 aliphatic carbocycles. The molecular weight excluding hydrogens is 178 g/mol. The third-order valence-electron chi connectivity index (χ3n) is 2.17. The number of aliphatic hydroxyl groups excluding tert-OH is 1. The van der Waals surface area contributed by atoms with Gasteiger partial charge in [-0.05, 0) is 0 Å². The number of ether oxygens (including phenoxy) is 1. The van der Waals surface area contributed by atoms with Crippen LogP contribution in [0, 0.1) is 0 Å². The Morgan fingerprint density at radius 2 is 2.00 bits per heavy atom. The van der Waals surface area contributed by atoms with Crippen LogP contribution in [0.25, 0.3) is 0 Å². The summed E-state index contributed by atoms with van der Waals surface area (Å²) in [4.78, 5) is 0. The van der Waals surface area contributed by atoms with Crippen LogP contribution in [0.5, 0.6) is 0 Å². The van der Waals surface area contributed by atoms with E-state index in [1.165, 1.54) is 5.71 Å². The lowest BCUT2D eigenvalue weighted by Gasteiger charge is -2.04. The summed E-state index contributed by atoms with van der Waals surface area (Å²) in [6.07, 6.45) is -0.334. The second-order valence-corrected chi connectivity index (χ2v) is 3.19. The van der Waals surface area contributed by atoms with Gasteiger partial charge in [0.2, 0.25) is 0 Å². The molecule has 0 spiro atoms. The Morgan fingerprint density at radius 1 is 1.42 bits per heavy atom. The highest BCUT2D eigenvalue weighted by molar-refractivity contribution is 5.73. The molecule has 1 aliphatic heterocycles. The van der Waals surface area contributed by atoms with Gasteiger partial charge in [-0.2, -0.15) is 0 Å². The summed E-state index contributed by atoms with van der Waals surface area (Å²) in [5.74, 6) is 0. The first-order chi connectivity index (χ1) is 5.15. The minimum atomic E-state index is -0.324. The van der Waals surface area contributed by atoms with E-state index in [1.54, 1.807) is 7.11 Å². The van der Waals surface area contributed by atoms with E-state index in [2.05, 4.69) is 4.58 Å². The Bertz CT molecular complexity index is 178. The highest BCUT2D eigenvalue weighted by atomic mass is 35.5. The maximum Gasteiger partial charge on any atom is 0.171 e. The first-order valence-corrected chi connectivity index (χ1v) is 3.91. The van der Waals surface area contributed by atoms with Gasteiger partial charge in [0.05, 0.1) is 0 Å². The van der Waals surface area contributed by atoms with Crippen molar-refractivity contribution in [1.82, 2.24) is 0 Å². The summed E-state index contributed by atoms with van der Waals surface area (Å²) in [6.45, 7) is 5.62. The minimum absolute atomic E-state index is 0. The number of halogens is 1. The van der Waals surface area contributed by atoms with Crippen LogP contribution in [0.1, 0.15) is 13.8 Å². The molecule has 1 fully saturated rings. The van der Waals surface area contributed by atoms with E-state index < -0.39 is 0 Å². The number of methoxy groups -OCH3 is 1. The Hall–Kier alpha value is -0.120. The van der Waals surface area contributed by atoms with Crippen LogP contribution in [-0.4, -0.2) is 47.8 Å². The Balaban J connectivity index is 0.00000121. The molecule has 0 bridgehead atoms. The molecule has 1 heterocycles. The molecule has 3 nitrogen and oxygen atoms in total. The standard InChI is InChI=1S/C8H16NO2.ClH/c1-6(2)9-4-7(10)8(5-9)11-3;/h7-8,10H,4-5H2,1-3H3;1H/q+1;/p-1/t7-,8-;/m1./s1. The van der Waals surface area contributed by atoms with Crippen molar-refractivity contribution in [3.8, 4) is 0 Å². The van der Waals surface area contributed by atoms with Gasteiger partial charge in [0.25, 0.3) is 0 Å². The second kappa shape index (κ2) is 4.80. The molecule has 1 N–H and O–H groups in total. The number of rotatable bonds is 1. The van der Waals surface area contributed by atoms with E-state index in [4.69, 9.17) is 4.74 Å². The van der Waals surface area contributed by atoms with Gasteiger partial charge in [-0.25, -0.2) is 4.58 Å². The van der Waals surface area contributed by atoms with Crippen molar-refractivity contribution < 1.29 is 26.8 Å². The number of hydrogen-bond acceptors (Lipinski definition) is 2. The van der Waals surface area contributed by atoms with Crippen LogP contribution in [0.4, 0.5) is 0 Å². The molecule has 0 amide bonds. The topological polar surface area (TPSA) is 32.5 Å². The summed E-state index contributed by atoms with van der Waals surface area (Å²) >= 11 is 0. The lowest BCUT2D eigenvalue weighted by atomic mass is 10.3. The molecule has 0 aromatic rings. The molecule has 0 radical (unpaired) electrons. The molecule has 2 atom stereocenters. The predicted octanol–water partition coefficient (Wildman–Crippen LogP) is -3.13. The highest BCUT2D eigenvalue weighted by Gasteiger charge is 2.35. The van der Waals surface area contributed by atoms with Gasteiger partial charge in [-0.1, -0.05) is 0 Å². The van der Waals surface area contributed by atoms with Crippen molar-refractivity contribution >= 4 is 5.71 Å². The Labute approximate surface area is 79.5 Å². The van der Waals surface area contributed by atoms with Crippen LogP contribution < -0.4 is 12.4 Å². The van der Waals surface area contributed by atoms with Gasteiger partial charge in [-0.15, -0.1) is 0 Å². The maximum atomic E-state index is 9.43. The van der Waals surface area contributed by atoms with E-state index in [0.29, 0.717) is 6.54 Å². The van der Waals surface area contributed by atoms with Crippen LogP contribution in [0.3, 0.4) is 0 Å². The molecule has 12 heavy (non-hydrogen) atoms. The summed E-state index contributed by atoms with van der Waals surface area (Å²) in [7, 11) is 1.64. The third kappa shape index (κ3) is 2.44. The largest absolute Gasteiger partial charge is 1.00 e. The smallest absolute Gasteiger partial charge is 0.171 e. The molecule has 0 saturated carbocycles. The molecule has 1 aliphatic rings. The van der Waals surface area contributed by atoms with Gasteiger partial charge < -0.3 is 22.3 Å². The quantitative estimate of drug-likeness (QED) is 0.447. The normalized spacial score (nSPS) is 28.5. The summed E-state index contributed by atoms with van der Waals surface area (Å²) in [5, 5.41) is 9.43. The van der Waals surface area contributed by atoms with E-state index >= 15 is 0 Å². The molecule has 1 rings (SSSR count). The fourth-order valence-electron chi connectivity index (χ4n) is 1.35. The average Bonchev–Trinajstić information content (AvgIpc) is 2.31. The molecule has 0 unspecified atom stereocenters. The van der Waals surface area contributed by atoms with Gasteiger partial charge in [-0.3, -0.25) is 0 Å². The van der Waals surface area contributed by atoms with Crippen LogP contribution in [0.2, 0.25) is 0 Å². The Morgan fingerprint density at radius 3 is 2.25 bits per heavy atom. The minimum Gasteiger partial charge on any atom is -1.00 e. The summed E-state index contributed by atoms with van der Waals surface area (Å²) in [6, 6.07) is 0. The van der Waals surface area contributed by atoms with Crippen molar-refractivity contribution in [3.63, 3.8) is 0 Å². The van der Waals surface area contributed by atoms with E-state index in [0.717, 1.165) is 6.54 Å². The summed E-state index contributed by atoms with van der Waals surface area (Å²) < 4.78 is 7.24. The van der Waals surface area contributed by atoms with Gasteiger partial charge in [0.1, 0.15) is 17.9 Å². The lowest BCUT2D eigenvalue weighted by Crippen LogP contribution is -3.00. The molecular formula is C8H16ClNO2. The zero-order chi connectivity index (χ0) is 8.43. The Kier molecular flexibility index (Phi) is 4.75. The van der Waals surface area contributed by atoms with E-state index in [-0.39, 0.29) is 24.6 Å². The van der Waals surface area contributed by atoms with Gasteiger partial charge >= 0.3 is 0 Å². The molecule has 4 heteroatoms. The van der Waals surface area contributed by atoms with Gasteiger partial charge in [0, 0.05) is 21.0 Å². The van der Waals surface area contributed by atoms with Crippen molar-refractivity contribution in [2.45, 2.75) is 26.1 Å². The number of β-amino-alcohol motifs (C(OH)–C–C–N with tert-alkyl or cyclic N) is 1. The lowest BCUT2D eigenvalue weighted by molar-refractivity contribution is -0.513. The zero-order valence-corrected chi connectivity index (χ0v) is 8.51. The number of hydrogen-bond donors (Lipinski definition) is 1. The first kappa shape index (κ1) is 11.9.